The van der Waals surface area contributed by atoms with E-state index in [1.54, 1.807) is 7.11 Å². The quantitative estimate of drug-likeness (QED) is 0.453. The van der Waals surface area contributed by atoms with Gasteiger partial charge in [0, 0.05) is 37.3 Å². The summed E-state index contributed by atoms with van der Waals surface area (Å²) in [6.45, 7) is 3.67. The van der Waals surface area contributed by atoms with E-state index in [0.29, 0.717) is 6.54 Å². The third kappa shape index (κ3) is 4.97. The Balaban J connectivity index is 1.45. The van der Waals surface area contributed by atoms with Crippen LogP contribution >= 0.6 is 0 Å². The minimum Gasteiger partial charge on any atom is -0.496 e. The molecule has 0 saturated carbocycles. The van der Waals surface area contributed by atoms with Crippen molar-refractivity contribution in [2.24, 2.45) is 4.99 Å². The highest BCUT2D eigenvalue weighted by Crippen LogP contribution is 2.31. The van der Waals surface area contributed by atoms with Gasteiger partial charge in [0.1, 0.15) is 5.75 Å². The van der Waals surface area contributed by atoms with E-state index in [1.165, 1.54) is 24.0 Å². The molecule has 1 saturated heterocycles. The summed E-state index contributed by atoms with van der Waals surface area (Å²) in [4.78, 5) is 11.4. The molecule has 2 N–H and O–H groups in total. The first-order valence-corrected chi connectivity index (χ1v) is 10.9. The molecule has 0 amide bonds. The van der Waals surface area contributed by atoms with Crippen LogP contribution in [0.4, 0.5) is 0 Å². The number of hydrogen-bond acceptors (Lipinski definition) is 4. The molecule has 1 fully saturated rings. The van der Waals surface area contributed by atoms with Crippen molar-refractivity contribution in [2.75, 3.05) is 33.8 Å². The van der Waals surface area contributed by atoms with Gasteiger partial charge < -0.3 is 15.4 Å². The van der Waals surface area contributed by atoms with E-state index in [4.69, 9.17) is 4.74 Å². The first-order valence-electron chi connectivity index (χ1n) is 10.9. The molecule has 162 valence electrons. The second-order valence-corrected chi connectivity index (χ2v) is 7.79. The Bertz CT molecular complexity index is 1020. The normalized spacial score (nSPS) is 15.7. The monoisotopic (exact) mass is 417 g/mol. The van der Waals surface area contributed by atoms with Gasteiger partial charge in [0.15, 0.2) is 5.96 Å². The van der Waals surface area contributed by atoms with Crippen molar-refractivity contribution in [1.82, 2.24) is 20.5 Å². The molecule has 3 aromatic rings. The summed E-state index contributed by atoms with van der Waals surface area (Å²) in [7, 11) is 3.56. The van der Waals surface area contributed by atoms with Crippen LogP contribution in [-0.2, 0) is 6.54 Å². The first kappa shape index (κ1) is 21.1. The standard InChI is InChI=1S/C25H31N5O/c1-26-25(28-17-19-13-14-27-22-11-5-3-9-20(19)22)29-18-23(30-15-7-8-16-30)21-10-4-6-12-24(21)31-2/h3-6,9-14,23H,7-8,15-18H2,1-2H3,(H2,26,28,29). The third-order valence-electron chi connectivity index (χ3n) is 5.95. The second-order valence-electron chi connectivity index (χ2n) is 7.79. The molecule has 2 heterocycles. The van der Waals surface area contributed by atoms with Crippen LogP contribution in [-0.4, -0.2) is 49.6 Å². The number of guanidine groups is 1. The van der Waals surface area contributed by atoms with Gasteiger partial charge in [-0.25, -0.2) is 0 Å². The van der Waals surface area contributed by atoms with Gasteiger partial charge >= 0.3 is 0 Å². The largest absolute Gasteiger partial charge is 0.496 e. The van der Waals surface area contributed by atoms with E-state index >= 15 is 0 Å². The molecular weight excluding hydrogens is 386 g/mol. The number of hydrogen-bond donors (Lipinski definition) is 2. The van der Waals surface area contributed by atoms with E-state index in [1.807, 2.05) is 37.5 Å². The maximum Gasteiger partial charge on any atom is 0.191 e. The smallest absolute Gasteiger partial charge is 0.191 e. The number of methoxy groups -OCH3 is 1. The predicted octanol–water partition coefficient (Wildman–Crippen LogP) is 3.75. The molecule has 6 nitrogen and oxygen atoms in total. The van der Waals surface area contributed by atoms with Gasteiger partial charge in [0.05, 0.1) is 18.7 Å². The number of benzene rings is 2. The topological polar surface area (TPSA) is 61.8 Å². The molecule has 1 aliphatic heterocycles. The Kier molecular flexibility index (Phi) is 6.99. The molecule has 1 unspecified atom stereocenters. The van der Waals surface area contributed by atoms with Crippen LogP contribution in [0.2, 0.25) is 0 Å². The summed E-state index contributed by atoms with van der Waals surface area (Å²) < 4.78 is 5.66. The maximum atomic E-state index is 5.66. The molecule has 0 spiro atoms. The van der Waals surface area contributed by atoms with E-state index in [-0.39, 0.29) is 6.04 Å². The van der Waals surface area contributed by atoms with Crippen molar-refractivity contribution in [3.63, 3.8) is 0 Å². The lowest BCUT2D eigenvalue weighted by Crippen LogP contribution is -2.42. The number of likely N-dealkylation sites (tertiary alicyclic amines) is 1. The average molecular weight is 418 g/mol. The zero-order valence-corrected chi connectivity index (χ0v) is 18.3. The lowest BCUT2D eigenvalue weighted by atomic mass is 10.0. The van der Waals surface area contributed by atoms with Crippen LogP contribution in [0.1, 0.15) is 30.0 Å². The summed E-state index contributed by atoms with van der Waals surface area (Å²) in [5.41, 5.74) is 3.43. The van der Waals surface area contributed by atoms with Crippen LogP contribution in [0.25, 0.3) is 10.9 Å². The summed E-state index contributed by atoms with van der Waals surface area (Å²) in [6.07, 6.45) is 4.35. The average Bonchev–Trinajstić information content (AvgIpc) is 3.36. The molecule has 4 rings (SSSR count). The van der Waals surface area contributed by atoms with Crippen molar-refractivity contribution in [2.45, 2.75) is 25.4 Å². The Labute approximate surface area is 184 Å². The van der Waals surface area contributed by atoms with Gasteiger partial charge in [-0.3, -0.25) is 14.9 Å². The van der Waals surface area contributed by atoms with Crippen LogP contribution < -0.4 is 15.4 Å². The fraction of sp³-hybridized carbons (Fsp3) is 0.360. The van der Waals surface area contributed by atoms with Gasteiger partial charge in [-0.15, -0.1) is 0 Å². The number of nitrogens with zero attached hydrogens (tertiary/aromatic N) is 3. The predicted molar refractivity (Wildman–Crippen MR) is 126 cm³/mol. The molecule has 1 aromatic heterocycles. The fourth-order valence-corrected chi connectivity index (χ4v) is 4.33. The zero-order chi connectivity index (χ0) is 21.5. The highest BCUT2D eigenvalue weighted by atomic mass is 16.5. The summed E-state index contributed by atoms with van der Waals surface area (Å²) >= 11 is 0. The molecule has 1 aliphatic rings. The molecule has 31 heavy (non-hydrogen) atoms. The van der Waals surface area contributed by atoms with Crippen molar-refractivity contribution < 1.29 is 4.74 Å². The minimum absolute atomic E-state index is 0.235. The summed E-state index contributed by atoms with van der Waals surface area (Å²) in [6, 6.07) is 18.8. The van der Waals surface area contributed by atoms with Crippen molar-refractivity contribution in [1.29, 1.82) is 0 Å². The number of rotatable bonds is 7. The number of pyridine rings is 1. The van der Waals surface area contributed by atoms with E-state index < -0.39 is 0 Å². The highest BCUT2D eigenvalue weighted by molar-refractivity contribution is 5.83. The minimum atomic E-state index is 0.235. The van der Waals surface area contributed by atoms with Crippen LogP contribution in [0.3, 0.4) is 0 Å². The summed E-state index contributed by atoms with van der Waals surface area (Å²) in [5.74, 6) is 1.73. The van der Waals surface area contributed by atoms with Crippen LogP contribution in [0.5, 0.6) is 5.75 Å². The molecule has 0 aliphatic carbocycles. The Hall–Kier alpha value is -3.12. The number of ether oxygens (including phenoxy) is 1. The Morgan fingerprint density at radius 2 is 1.84 bits per heavy atom. The number of aromatic nitrogens is 1. The maximum absolute atomic E-state index is 5.66. The van der Waals surface area contributed by atoms with Crippen molar-refractivity contribution >= 4 is 16.9 Å². The van der Waals surface area contributed by atoms with E-state index in [9.17, 15) is 0 Å². The van der Waals surface area contributed by atoms with Gasteiger partial charge in [-0.05, 0) is 49.7 Å². The Morgan fingerprint density at radius 1 is 1.06 bits per heavy atom. The van der Waals surface area contributed by atoms with E-state index in [0.717, 1.165) is 42.2 Å². The fourth-order valence-electron chi connectivity index (χ4n) is 4.33. The van der Waals surface area contributed by atoms with Crippen molar-refractivity contribution in [3.8, 4) is 5.75 Å². The Morgan fingerprint density at radius 3 is 2.65 bits per heavy atom. The molecule has 0 radical (unpaired) electrons. The molecule has 1 atom stereocenters. The number of fused-ring (bicyclic) bond motifs is 1. The second kappa shape index (κ2) is 10.3. The first-order chi connectivity index (χ1) is 15.3. The SMILES string of the molecule is CN=C(NCc1ccnc2ccccc12)NCC(c1ccccc1OC)N1CCCC1. The number of aliphatic imine (C=N–C) groups is 1. The summed E-state index contributed by atoms with van der Waals surface area (Å²) in [5, 5.41) is 8.17. The molecule has 0 bridgehead atoms. The van der Waals surface area contributed by atoms with Gasteiger partial charge in [0.2, 0.25) is 0 Å². The third-order valence-corrected chi connectivity index (χ3v) is 5.95. The van der Waals surface area contributed by atoms with Gasteiger partial charge in [0.25, 0.3) is 0 Å². The zero-order valence-electron chi connectivity index (χ0n) is 18.3. The molecule has 6 heteroatoms. The van der Waals surface area contributed by atoms with Gasteiger partial charge in [-0.1, -0.05) is 36.4 Å². The highest BCUT2D eigenvalue weighted by Gasteiger charge is 2.26. The van der Waals surface area contributed by atoms with Gasteiger partial charge in [-0.2, -0.15) is 0 Å². The lowest BCUT2D eigenvalue weighted by Gasteiger charge is -2.30. The number of para-hydroxylation sites is 2. The van der Waals surface area contributed by atoms with Crippen LogP contribution in [0.15, 0.2) is 65.8 Å². The number of nitrogens with one attached hydrogen (secondary N) is 2. The van der Waals surface area contributed by atoms with E-state index in [2.05, 4.69) is 55.8 Å². The van der Waals surface area contributed by atoms with Crippen molar-refractivity contribution in [3.05, 3.63) is 71.9 Å². The molecular formula is C25H31N5O. The lowest BCUT2D eigenvalue weighted by molar-refractivity contribution is 0.239. The van der Waals surface area contributed by atoms with Crippen LogP contribution in [0, 0.1) is 0 Å². The molecule has 2 aromatic carbocycles.